The van der Waals surface area contributed by atoms with E-state index in [0.717, 1.165) is 10.6 Å². The summed E-state index contributed by atoms with van der Waals surface area (Å²) in [6, 6.07) is 12.7. The molecule has 0 saturated heterocycles. The van der Waals surface area contributed by atoms with E-state index in [1.807, 2.05) is 24.3 Å². The Bertz CT molecular complexity index is 847. The molecule has 0 aliphatic heterocycles. The summed E-state index contributed by atoms with van der Waals surface area (Å²) in [6.07, 6.45) is 1.04. The highest BCUT2D eigenvalue weighted by Gasteiger charge is 2.18. The predicted octanol–water partition coefficient (Wildman–Crippen LogP) is 3.74. The molecule has 0 aromatic heterocycles. The van der Waals surface area contributed by atoms with Gasteiger partial charge in [-0.3, -0.25) is 9.10 Å². The van der Waals surface area contributed by atoms with Crippen LogP contribution in [0.2, 0.25) is 0 Å². The van der Waals surface area contributed by atoms with Gasteiger partial charge in [0.25, 0.3) is 0 Å². The predicted molar refractivity (Wildman–Crippen MR) is 102 cm³/mol. The fraction of sp³-hybridized carbons (Fsp3) is 0.316. The van der Waals surface area contributed by atoms with Gasteiger partial charge in [0.2, 0.25) is 15.9 Å². The summed E-state index contributed by atoms with van der Waals surface area (Å²) >= 11 is 0. The fourth-order valence-corrected chi connectivity index (χ4v) is 3.40. The Morgan fingerprint density at radius 2 is 1.65 bits per heavy atom. The maximum atomic E-state index is 13.0. The Hall–Kier alpha value is -2.41. The third-order valence-corrected chi connectivity index (χ3v) is 5.11. The third-order valence-electron chi connectivity index (χ3n) is 3.92. The van der Waals surface area contributed by atoms with Gasteiger partial charge < -0.3 is 5.32 Å². The van der Waals surface area contributed by atoms with Gasteiger partial charge in [0, 0.05) is 18.7 Å². The Morgan fingerprint density at radius 3 is 2.15 bits per heavy atom. The van der Waals surface area contributed by atoms with Gasteiger partial charge in [0.15, 0.2) is 0 Å². The van der Waals surface area contributed by atoms with E-state index >= 15 is 0 Å². The minimum absolute atomic E-state index is 0.0175. The van der Waals surface area contributed by atoms with Gasteiger partial charge in [0.1, 0.15) is 5.82 Å². The van der Waals surface area contributed by atoms with Crippen molar-refractivity contribution in [1.29, 1.82) is 0 Å². The minimum Gasteiger partial charge on any atom is -0.326 e. The number of hydrogen-bond donors (Lipinski definition) is 1. The second-order valence-corrected chi connectivity index (χ2v) is 8.29. The second-order valence-electron chi connectivity index (χ2n) is 6.39. The van der Waals surface area contributed by atoms with Crippen molar-refractivity contribution in [2.45, 2.75) is 26.2 Å². The summed E-state index contributed by atoms with van der Waals surface area (Å²) in [5, 5.41) is 2.76. The molecule has 140 valence electrons. The van der Waals surface area contributed by atoms with Crippen LogP contribution in [0.25, 0.3) is 0 Å². The van der Waals surface area contributed by atoms with Crippen LogP contribution in [0.4, 0.5) is 15.8 Å². The third kappa shape index (κ3) is 5.56. The SMILES string of the molecule is CC(C)c1ccc(NC(=O)CCN(c2ccc(F)cc2)S(C)(=O)=O)cc1. The van der Waals surface area contributed by atoms with Gasteiger partial charge in [-0.05, 0) is 47.9 Å². The molecule has 5 nitrogen and oxygen atoms in total. The summed E-state index contributed by atoms with van der Waals surface area (Å²) in [5.41, 5.74) is 2.15. The Balaban J connectivity index is 2.01. The van der Waals surface area contributed by atoms with Crippen molar-refractivity contribution in [2.24, 2.45) is 0 Å². The van der Waals surface area contributed by atoms with Gasteiger partial charge >= 0.3 is 0 Å². The molecule has 0 saturated carbocycles. The number of halogens is 1. The molecule has 0 atom stereocenters. The van der Waals surface area contributed by atoms with Crippen molar-refractivity contribution in [2.75, 3.05) is 22.4 Å². The zero-order chi connectivity index (χ0) is 19.3. The first-order chi connectivity index (χ1) is 12.2. The number of anilines is 2. The lowest BCUT2D eigenvalue weighted by atomic mass is 10.0. The number of sulfonamides is 1. The normalized spacial score (nSPS) is 11.4. The van der Waals surface area contributed by atoms with Crippen LogP contribution in [0.15, 0.2) is 48.5 Å². The van der Waals surface area contributed by atoms with E-state index in [1.165, 1.54) is 29.8 Å². The average Bonchev–Trinajstić information content (AvgIpc) is 2.56. The number of nitrogens with zero attached hydrogens (tertiary/aromatic N) is 1. The van der Waals surface area contributed by atoms with E-state index in [0.29, 0.717) is 17.3 Å². The van der Waals surface area contributed by atoms with Crippen molar-refractivity contribution in [3.63, 3.8) is 0 Å². The fourth-order valence-electron chi connectivity index (χ4n) is 2.47. The zero-order valence-corrected chi connectivity index (χ0v) is 15.9. The lowest BCUT2D eigenvalue weighted by Crippen LogP contribution is -2.33. The molecular weight excluding hydrogens is 355 g/mol. The number of rotatable bonds is 7. The minimum atomic E-state index is -3.58. The number of carbonyl (C=O) groups is 1. The van der Waals surface area contributed by atoms with E-state index in [-0.39, 0.29) is 18.9 Å². The van der Waals surface area contributed by atoms with E-state index in [4.69, 9.17) is 0 Å². The van der Waals surface area contributed by atoms with Crippen LogP contribution in [0.5, 0.6) is 0 Å². The monoisotopic (exact) mass is 378 g/mol. The van der Waals surface area contributed by atoms with Gasteiger partial charge in [-0.15, -0.1) is 0 Å². The maximum Gasteiger partial charge on any atom is 0.232 e. The highest BCUT2D eigenvalue weighted by atomic mass is 32.2. The molecule has 1 N–H and O–H groups in total. The Kier molecular flexibility index (Phi) is 6.37. The van der Waals surface area contributed by atoms with Crippen molar-refractivity contribution in [3.05, 3.63) is 59.9 Å². The topological polar surface area (TPSA) is 66.5 Å². The largest absolute Gasteiger partial charge is 0.326 e. The molecule has 0 radical (unpaired) electrons. The molecular formula is C19H23FN2O3S. The molecule has 0 aliphatic rings. The van der Waals surface area contributed by atoms with Crippen LogP contribution in [-0.2, 0) is 14.8 Å². The van der Waals surface area contributed by atoms with Gasteiger partial charge in [-0.25, -0.2) is 12.8 Å². The van der Waals surface area contributed by atoms with Crippen molar-refractivity contribution >= 4 is 27.3 Å². The van der Waals surface area contributed by atoms with E-state index in [1.54, 1.807) is 0 Å². The smallest absolute Gasteiger partial charge is 0.232 e. The molecule has 1 amide bonds. The molecule has 0 spiro atoms. The molecule has 7 heteroatoms. The van der Waals surface area contributed by atoms with Crippen molar-refractivity contribution in [1.82, 2.24) is 0 Å². The Morgan fingerprint density at radius 1 is 1.08 bits per heavy atom. The van der Waals surface area contributed by atoms with Gasteiger partial charge in [-0.1, -0.05) is 26.0 Å². The van der Waals surface area contributed by atoms with E-state index < -0.39 is 15.8 Å². The first-order valence-corrected chi connectivity index (χ1v) is 10.1. The number of carbonyl (C=O) groups excluding carboxylic acids is 1. The lowest BCUT2D eigenvalue weighted by Gasteiger charge is -2.22. The summed E-state index contributed by atoms with van der Waals surface area (Å²) in [5.74, 6) is -0.346. The zero-order valence-electron chi connectivity index (χ0n) is 15.1. The van der Waals surface area contributed by atoms with Crippen molar-refractivity contribution < 1.29 is 17.6 Å². The number of amides is 1. The molecule has 2 rings (SSSR count). The highest BCUT2D eigenvalue weighted by molar-refractivity contribution is 7.92. The molecule has 0 heterocycles. The average molecular weight is 378 g/mol. The van der Waals surface area contributed by atoms with Gasteiger partial charge in [-0.2, -0.15) is 0 Å². The second kappa shape index (κ2) is 8.31. The Labute approximate surface area is 153 Å². The highest BCUT2D eigenvalue weighted by Crippen LogP contribution is 2.19. The van der Waals surface area contributed by atoms with Crippen LogP contribution in [-0.4, -0.2) is 27.1 Å². The molecule has 2 aromatic rings. The molecule has 0 bridgehead atoms. The van der Waals surface area contributed by atoms with Crippen molar-refractivity contribution in [3.8, 4) is 0 Å². The molecule has 0 aliphatic carbocycles. The van der Waals surface area contributed by atoms with Gasteiger partial charge in [0.05, 0.1) is 11.9 Å². The van der Waals surface area contributed by atoms with E-state index in [9.17, 15) is 17.6 Å². The quantitative estimate of drug-likeness (QED) is 0.798. The van der Waals surface area contributed by atoms with Crippen LogP contribution in [0, 0.1) is 5.82 Å². The lowest BCUT2D eigenvalue weighted by molar-refractivity contribution is -0.116. The number of benzene rings is 2. The molecule has 2 aromatic carbocycles. The number of hydrogen-bond acceptors (Lipinski definition) is 3. The first-order valence-electron chi connectivity index (χ1n) is 8.30. The molecule has 0 fully saturated rings. The maximum absolute atomic E-state index is 13.0. The van der Waals surface area contributed by atoms with Crippen LogP contribution in [0.1, 0.15) is 31.7 Å². The summed E-state index contributed by atoms with van der Waals surface area (Å²) < 4.78 is 38.1. The standard InChI is InChI=1S/C19H23FN2O3S/c1-14(2)15-4-8-17(9-5-15)21-19(23)12-13-22(26(3,24)25)18-10-6-16(20)7-11-18/h4-11,14H,12-13H2,1-3H3,(H,21,23). The van der Waals surface area contributed by atoms with Crippen LogP contribution >= 0.6 is 0 Å². The first kappa shape index (κ1) is 19.9. The van der Waals surface area contributed by atoms with E-state index in [2.05, 4.69) is 19.2 Å². The summed E-state index contributed by atoms with van der Waals surface area (Å²) in [6.45, 7) is 4.14. The molecule has 26 heavy (non-hydrogen) atoms. The van der Waals surface area contributed by atoms with Crippen LogP contribution in [0.3, 0.4) is 0 Å². The number of nitrogens with one attached hydrogen (secondary N) is 1. The molecule has 0 unspecified atom stereocenters. The summed E-state index contributed by atoms with van der Waals surface area (Å²) in [4.78, 5) is 12.2. The summed E-state index contributed by atoms with van der Waals surface area (Å²) in [7, 11) is -3.58. The van der Waals surface area contributed by atoms with Crippen LogP contribution < -0.4 is 9.62 Å².